The van der Waals surface area contributed by atoms with E-state index >= 15 is 0 Å². The van der Waals surface area contributed by atoms with Gasteiger partial charge in [-0.15, -0.1) is 11.8 Å². The Hall–Kier alpha value is -1.01. The van der Waals surface area contributed by atoms with Gasteiger partial charge in [0.15, 0.2) is 0 Å². The van der Waals surface area contributed by atoms with Crippen LogP contribution in [0.4, 0.5) is 0 Å². The van der Waals surface area contributed by atoms with E-state index in [4.69, 9.17) is 16.3 Å². The molecule has 1 aromatic carbocycles. The van der Waals surface area contributed by atoms with Crippen molar-refractivity contribution in [1.82, 2.24) is 9.78 Å². The zero-order valence-electron chi connectivity index (χ0n) is 11.4. The lowest BCUT2D eigenvalue weighted by Crippen LogP contribution is -2.14. The Kier molecular flexibility index (Phi) is 5.48. The first-order valence-electron chi connectivity index (χ1n) is 6.20. The van der Waals surface area contributed by atoms with E-state index in [0.717, 1.165) is 10.5 Å². The van der Waals surface area contributed by atoms with Gasteiger partial charge in [0.05, 0.1) is 30.1 Å². The van der Waals surface area contributed by atoms with Gasteiger partial charge in [-0.05, 0) is 12.3 Å². The highest BCUT2D eigenvalue weighted by Crippen LogP contribution is 2.33. The van der Waals surface area contributed by atoms with E-state index in [2.05, 4.69) is 5.10 Å². The fraction of sp³-hybridized carbons (Fsp3) is 0.357. The number of ether oxygens (including phenoxy) is 1. The van der Waals surface area contributed by atoms with Crippen LogP contribution in [0.3, 0.4) is 0 Å². The van der Waals surface area contributed by atoms with Gasteiger partial charge in [-0.1, -0.05) is 29.8 Å². The average molecular weight is 313 g/mol. The lowest BCUT2D eigenvalue weighted by molar-refractivity contribution is 0.170. The summed E-state index contributed by atoms with van der Waals surface area (Å²) in [7, 11) is 1.63. The number of hydrogen-bond acceptors (Lipinski definition) is 4. The second-order valence-corrected chi connectivity index (χ2v) is 5.49. The molecule has 1 N–H and O–H groups in total. The lowest BCUT2D eigenvalue weighted by atomic mass is 10.1. The van der Waals surface area contributed by atoms with Crippen LogP contribution < -0.4 is 0 Å². The van der Waals surface area contributed by atoms with Crippen molar-refractivity contribution in [3.8, 4) is 0 Å². The highest BCUT2D eigenvalue weighted by molar-refractivity contribution is 7.98. The summed E-state index contributed by atoms with van der Waals surface area (Å²) in [6.07, 6.45) is 2.73. The van der Waals surface area contributed by atoms with Crippen molar-refractivity contribution in [3.63, 3.8) is 0 Å². The van der Waals surface area contributed by atoms with Gasteiger partial charge >= 0.3 is 0 Å². The van der Waals surface area contributed by atoms with Crippen molar-refractivity contribution in [1.29, 1.82) is 0 Å². The Morgan fingerprint density at radius 2 is 2.20 bits per heavy atom. The van der Waals surface area contributed by atoms with Crippen LogP contribution in [-0.4, -0.2) is 34.9 Å². The molecule has 2 aromatic rings. The minimum Gasteiger partial charge on any atom is -0.383 e. The molecule has 0 aliphatic heterocycles. The topological polar surface area (TPSA) is 47.3 Å². The van der Waals surface area contributed by atoms with Crippen LogP contribution in [-0.2, 0) is 11.3 Å². The molecule has 20 heavy (non-hydrogen) atoms. The van der Waals surface area contributed by atoms with Crippen LogP contribution in [0.25, 0.3) is 0 Å². The summed E-state index contributed by atoms with van der Waals surface area (Å²) >= 11 is 7.77. The average Bonchev–Trinajstić information content (AvgIpc) is 2.85. The fourth-order valence-electron chi connectivity index (χ4n) is 2.04. The van der Waals surface area contributed by atoms with E-state index in [1.165, 1.54) is 0 Å². The predicted molar refractivity (Wildman–Crippen MR) is 81.4 cm³/mol. The molecule has 4 nitrogen and oxygen atoms in total. The highest BCUT2D eigenvalue weighted by Gasteiger charge is 2.21. The largest absolute Gasteiger partial charge is 0.383 e. The molecule has 0 saturated heterocycles. The molecule has 1 heterocycles. The maximum absolute atomic E-state index is 10.7. The summed E-state index contributed by atoms with van der Waals surface area (Å²) in [6.45, 7) is 1.07. The summed E-state index contributed by atoms with van der Waals surface area (Å²) in [4.78, 5) is 1.02. The number of nitrogens with zero attached hydrogens (tertiary/aromatic N) is 2. The third kappa shape index (κ3) is 3.17. The zero-order chi connectivity index (χ0) is 14.5. The molecule has 108 valence electrons. The molecule has 0 spiro atoms. The third-order valence-corrected chi connectivity index (χ3v) is 4.14. The SMILES string of the molecule is COCCn1ncc(Cl)c1C(O)c1ccccc1SC. The predicted octanol–water partition coefficient (Wildman–Crippen LogP) is 2.99. The van der Waals surface area contributed by atoms with Crippen LogP contribution >= 0.6 is 23.4 Å². The Morgan fingerprint density at radius 3 is 2.90 bits per heavy atom. The second kappa shape index (κ2) is 7.13. The number of thioether (sulfide) groups is 1. The van der Waals surface area contributed by atoms with Crippen LogP contribution in [0.5, 0.6) is 0 Å². The molecule has 0 saturated carbocycles. The quantitative estimate of drug-likeness (QED) is 0.833. The van der Waals surface area contributed by atoms with Crippen molar-refractivity contribution in [2.75, 3.05) is 20.0 Å². The molecule has 0 fully saturated rings. The van der Waals surface area contributed by atoms with E-state index < -0.39 is 6.10 Å². The molecule has 6 heteroatoms. The van der Waals surface area contributed by atoms with Crippen molar-refractivity contribution in [3.05, 3.63) is 46.7 Å². The number of aliphatic hydroxyl groups is 1. The molecule has 0 radical (unpaired) electrons. The summed E-state index contributed by atoms with van der Waals surface area (Å²) < 4.78 is 6.74. The van der Waals surface area contributed by atoms with E-state index in [1.54, 1.807) is 29.8 Å². The van der Waals surface area contributed by atoms with Gasteiger partial charge < -0.3 is 9.84 Å². The van der Waals surface area contributed by atoms with Crippen molar-refractivity contribution in [2.24, 2.45) is 0 Å². The summed E-state index contributed by atoms with van der Waals surface area (Å²) in [5, 5.41) is 15.3. The monoisotopic (exact) mass is 312 g/mol. The number of aromatic nitrogens is 2. The molecule has 0 aliphatic carbocycles. The van der Waals surface area contributed by atoms with Crippen molar-refractivity contribution < 1.29 is 9.84 Å². The highest BCUT2D eigenvalue weighted by atomic mass is 35.5. The number of methoxy groups -OCH3 is 1. The van der Waals surface area contributed by atoms with Crippen molar-refractivity contribution in [2.45, 2.75) is 17.5 Å². The van der Waals surface area contributed by atoms with E-state index in [1.807, 2.05) is 30.5 Å². The zero-order valence-corrected chi connectivity index (χ0v) is 13.0. The van der Waals surface area contributed by atoms with E-state index in [0.29, 0.717) is 23.9 Å². The minimum atomic E-state index is -0.800. The molecule has 0 amide bonds. The standard InChI is InChI=1S/C14H17ClN2O2S/c1-19-8-7-17-13(11(15)9-16-17)14(18)10-5-3-4-6-12(10)20-2/h3-6,9,14,18H,7-8H2,1-2H3. The Balaban J connectivity index is 2.37. The Morgan fingerprint density at radius 1 is 1.45 bits per heavy atom. The molecule has 0 bridgehead atoms. The molecular weight excluding hydrogens is 296 g/mol. The van der Waals surface area contributed by atoms with Gasteiger partial charge in [-0.25, -0.2) is 0 Å². The van der Waals surface area contributed by atoms with Crippen LogP contribution in [0.15, 0.2) is 35.4 Å². The number of benzene rings is 1. The third-order valence-electron chi connectivity index (χ3n) is 3.03. The molecule has 0 aliphatic rings. The molecule has 1 aromatic heterocycles. The molecule has 2 rings (SSSR count). The maximum Gasteiger partial charge on any atom is 0.123 e. The number of rotatable bonds is 6. The minimum absolute atomic E-state index is 0.463. The number of hydrogen-bond donors (Lipinski definition) is 1. The summed E-state index contributed by atoms with van der Waals surface area (Å²) in [6, 6.07) is 7.74. The van der Waals surface area contributed by atoms with Gasteiger partial charge in [0.1, 0.15) is 6.10 Å². The van der Waals surface area contributed by atoms with Gasteiger partial charge in [0.2, 0.25) is 0 Å². The number of aliphatic hydroxyl groups excluding tert-OH is 1. The lowest BCUT2D eigenvalue weighted by Gasteiger charge is -2.16. The van der Waals surface area contributed by atoms with E-state index in [9.17, 15) is 5.11 Å². The van der Waals surface area contributed by atoms with Gasteiger partial charge in [0, 0.05) is 17.6 Å². The Bertz CT molecular complexity index is 574. The molecular formula is C14H17ClN2O2S. The van der Waals surface area contributed by atoms with Gasteiger partial charge in [-0.2, -0.15) is 5.10 Å². The number of halogens is 1. The maximum atomic E-state index is 10.7. The fourth-order valence-corrected chi connectivity index (χ4v) is 2.91. The van der Waals surface area contributed by atoms with Crippen LogP contribution in [0, 0.1) is 0 Å². The summed E-state index contributed by atoms with van der Waals surface area (Å²) in [5.41, 5.74) is 1.44. The normalized spacial score (nSPS) is 12.6. The van der Waals surface area contributed by atoms with Crippen LogP contribution in [0.1, 0.15) is 17.4 Å². The smallest absolute Gasteiger partial charge is 0.123 e. The van der Waals surface area contributed by atoms with Crippen LogP contribution in [0.2, 0.25) is 5.02 Å². The Labute approximate surface area is 127 Å². The first-order chi connectivity index (χ1) is 9.69. The first kappa shape index (κ1) is 15.4. The van der Waals surface area contributed by atoms with Crippen molar-refractivity contribution >= 4 is 23.4 Å². The summed E-state index contributed by atoms with van der Waals surface area (Å²) in [5.74, 6) is 0. The first-order valence-corrected chi connectivity index (χ1v) is 7.80. The second-order valence-electron chi connectivity index (χ2n) is 4.24. The van der Waals surface area contributed by atoms with Gasteiger partial charge in [0.25, 0.3) is 0 Å². The molecule has 1 atom stereocenters. The van der Waals surface area contributed by atoms with E-state index in [-0.39, 0.29) is 0 Å². The van der Waals surface area contributed by atoms with Gasteiger partial charge in [-0.3, -0.25) is 4.68 Å². The molecule has 1 unspecified atom stereocenters.